The summed E-state index contributed by atoms with van der Waals surface area (Å²) in [5, 5.41) is 17.1. The van der Waals surface area contributed by atoms with Crippen LogP contribution in [-0.2, 0) is 6.18 Å². The minimum absolute atomic E-state index is 0.283. The molecule has 15 heavy (non-hydrogen) atoms. The Hall–Kier alpha value is -1.08. The van der Waals surface area contributed by atoms with Gasteiger partial charge in [0.05, 0.1) is 5.56 Å². The van der Waals surface area contributed by atoms with Crippen molar-refractivity contribution in [3.63, 3.8) is 0 Å². The molecule has 0 unspecified atom stereocenters. The van der Waals surface area contributed by atoms with Crippen molar-refractivity contribution in [1.29, 1.82) is 0 Å². The molecule has 0 amide bonds. The lowest BCUT2D eigenvalue weighted by atomic mass is 9.81. The van der Waals surface area contributed by atoms with Gasteiger partial charge in [0, 0.05) is 17.9 Å². The molecular formula is C8H11BF3NO2. The molecule has 0 aliphatic rings. The summed E-state index contributed by atoms with van der Waals surface area (Å²) >= 11 is 0. The van der Waals surface area contributed by atoms with E-state index in [0.29, 0.717) is 12.3 Å². The molecule has 0 aliphatic carbocycles. The Balaban J connectivity index is 0.000000921. The van der Waals surface area contributed by atoms with Crippen molar-refractivity contribution in [3.05, 3.63) is 24.0 Å². The molecule has 0 saturated heterocycles. The third-order valence-corrected chi connectivity index (χ3v) is 1.38. The van der Waals surface area contributed by atoms with Gasteiger partial charge in [0.1, 0.15) is 0 Å². The highest BCUT2D eigenvalue weighted by atomic mass is 19.4. The van der Waals surface area contributed by atoms with Gasteiger partial charge in [-0.1, -0.05) is 13.8 Å². The van der Waals surface area contributed by atoms with Crippen LogP contribution in [0.1, 0.15) is 19.4 Å². The first kappa shape index (κ1) is 13.9. The van der Waals surface area contributed by atoms with Crippen molar-refractivity contribution in [1.82, 2.24) is 4.98 Å². The lowest BCUT2D eigenvalue weighted by Gasteiger charge is -2.06. The van der Waals surface area contributed by atoms with Gasteiger partial charge in [0.25, 0.3) is 0 Å². The fourth-order valence-corrected chi connectivity index (χ4v) is 0.754. The van der Waals surface area contributed by atoms with Gasteiger partial charge >= 0.3 is 13.3 Å². The standard InChI is InChI=1S/C6H5BF3NO2.C2H6/c8-6(9,10)4-1-5(7(12)13)3-11-2-4;1-2/h1-3,12-13H;1-2H3. The second kappa shape index (κ2) is 5.72. The smallest absolute Gasteiger partial charge is 0.423 e. The SMILES string of the molecule is CC.OB(O)c1cncc(C(F)(F)F)c1. The molecule has 84 valence electrons. The maximum atomic E-state index is 12.0. The van der Waals surface area contributed by atoms with Gasteiger partial charge in [0.2, 0.25) is 0 Å². The first-order chi connectivity index (χ1) is 6.91. The molecule has 2 N–H and O–H groups in total. The summed E-state index contributed by atoms with van der Waals surface area (Å²) in [5.41, 5.74) is -1.28. The molecule has 0 aromatic carbocycles. The maximum absolute atomic E-state index is 12.0. The van der Waals surface area contributed by atoms with E-state index in [4.69, 9.17) is 10.0 Å². The molecule has 3 nitrogen and oxygen atoms in total. The second-order valence-electron chi connectivity index (χ2n) is 2.38. The summed E-state index contributed by atoms with van der Waals surface area (Å²) in [4.78, 5) is 3.23. The summed E-state index contributed by atoms with van der Waals surface area (Å²) in [5.74, 6) is 0. The van der Waals surface area contributed by atoms with E-state index in [0.717, 1.165) is 6.20 Å². The zero-order valence-corrected chi connectivity index (χ0v) is 8.28. The Labute approximate surface area is 85.7 Å². The molecule has 0 saturated carbocycles. The first-order valence-electron chi connectivity index (χ1n) is 4.29. The summed E-state index contributed by atoms with van der Waals surface area (Å²) in [7, 11) is -1.94. The van der Waals surface area contributed by atoms with Gasteiger partial charge in [-0.3, -0.25) is 4.98 Å². The van der Waals surface area contributed by atoms with E-state index < -0.39 is 18.9 Å². The van der Waals surface area contributed by atoms with E-state index in [-0.39, 0.29) is 5.46 Å². The van der Waals surface area contributed by atoms with Crippen LogP contribution >= 0.6 is 0 Å². The zero-order valence-electron chi connectivity index (χ0n) is 8.28. The molecule has 7 heteroatoms. The van der Waals surface area contributed by atoms with E-state index in [2.05, 4.69) is 4.98 Å². The molecule has 1 heterocycles. The predicted molar refractivity (Wildman–Crippen MR) is 50.4 cm³/mol. The van der Waals surface area contributed by atoms with Gasteiger partial charge in [-0.2, -0.15) is 13.2 Å². The Morgan fingerprint density at radius 3 is 2.13 bits per heavy atom. The summed E-state index contributed by atoms with van der Waals surface area (Å²) in [6.07, 6.45) is -2.94. The molecule has 1 aromatic rings. The third-order valence-electron chi connectivity index (χ3n) is 1.38. The van der Waals surface area contributed by atoms with E-state index >= 15 is 0 Å². The van der Waals surface area contributed by atoms with Gasteiger partial charge in [0.15, 0.2) is 0 Å². The Morgan fingerprint density at radius 2 is 1.73 bits per heavy atom. The Morgan fingerprint density at radius 1 is 1.20 bits per heavy atom. The first-order valence-corrected chi connectivity index (χ1v) is 4.29. The molecule has 0 radical (unpaired) electrons. The van der Waals surface area contributed by atoms with Gasteiger partial charge in [-0.25, -0.2) is 0 Å². The Bertz CT molecular complexity index is 304. The zero-order chi connectivity index (χ0) is 12.1. The number of rotatable bonds is 1. The average molecular weight is 221 g/mol. The quantitative estimate of drug-likeness (QED) is 0.689. The number of alkyl halides is 3. The number of halogens is 3. The summed E-state index contributed by atoms with van der Waals surface area (Å²) in [6, 6.07) is 0.637. The number of hydrogen-bond acceptors (Lipinski definition) is 3. The van der Waals surface area contributed by atoms with Crippen molar-refractivity contribution in [3.8, 4) is 0 Å². The van der Waals surface area contributed by atoms with Crippen molar-refractivity contribution in [2.75, 3.05) is 0 Å². The van der Waals surface area contributed by atoms with Crippen molar-refractivity contribution in [2.24, 2.45) is 0 Å². The highest BCUT2D eigenvalue weighted by Crippen LogP contribution is 2.27. The van der Waals surface area contributed by atoms with Crippen LogP contribution in [-0.4, -0.2) is 22.2 Å². The maximum Gasteiger partial charge on any atom is 0.490 e. The fraction of sp³-hybridized carbons (Fsp3) is 0.375. The molecule has 0 atom stereocenters. The van der Waals surface area contributed by atoms with Crippen LogP contribution in [0.4, 0.5) is 13.2 Å². The lowest BCUT2D eigenvalue weighted by Crippen LogP contribution is -2.31. The molecule has 0 bridgehead atoms. The largest absolute Gasteiger partial charge is 0.490 e. The van der Waals surface area contributed by atoms with Crippen LogP contribution in [0.2, 0.25) is 0 Å². The van der Waals surface area contributed by atoms with E-state index in [1.165, 1.54) is 0 Å². The van der Waals surface area contributed by atoms with Crippen LogP contribution in [0.25, 0.3) is 0 Å². The molecule has 1 aromatic heterocycles. The van der Waals surface area contributed by atoms with Crippen molar-refractivity contribution in [2.45, 2.75) is 20.0 Å². The number of hydrogen-bond donors (Lipinski definition) is 2. The lowest BCUT2D eigenvalue weighted by molar-refractivity contribution is -0.137. The van der Waals surface area contributed by atoms with E-state index in [1.54, 1.807) is 0 Å². The van der Waals surface area contributed by atoms with Crippen LogP contribution in [0.15, 0.2) is 18.5 Å². The normalized spacial score (nSPS) is 10.3. The Kier molecular flexibility index (Phi) is 5.31. The minimum Gasteiger partial charge on any atom is -0.423 e. The number of aromatic nitrogens is 1. The van der Waals surface area contributed by atoms with Crippen molar-refractivity contribution >= 4 is 12.6 Å². The molecule has 0 fully saturated rings. The summed E-state index contributed by atoms with van der Waals surface area (Å²) in [6.45, 7) is 4.00. The fourth-order valence-electron chi connectivity index (χ4n) is 0.754. The number of nitrogens with zero attached hydrogens (tertiary/aromatic N) is 1. The topological polar surface area (TPSA) is 53.4 Å². The average Bonchev–Trinajstić information content (AvgIpc) is 2.20. The van der Waals surface area contributed by atoms with E-state index in [1.807, 2.05) is 13.8 Å². The van der Waals surface area contributed by atoms with Crippen LogP contribution in [0.3, 0.4) is 0 Å². The highest BCUT2D eigenvalue weighted by Gasteiger charge is 2.31. The van der Waals surface area contributed by atoms with Crippen LogP contribution < -0.4 is 5.46 Å². The molecular weight excluding hydrogens is 210 g/mol. The summed E-state index contributed by atoms with van der Waals surface area (Å²) < 4.78 is 36.1. The third kappa shape index (κ3) is 4.31. The van der Waals surface area contributed by atoms with Gasteiger partial charge in [-0.05, 0) is 6.07 Å². The minimum atomic E-state index is -4.52. The van der Waals surface area contributed by atoms with Gasteiger partial charge < -0.3 is 10.0 Å². The molecule has 0 spiro atoms. The van der Waals surface area contributed by atoms with E-state index in [9.17, 15) is 13.2 Å². The molecule has 0 aliphatic heterocycles. The van der Waals surface area contributed by atoms with Crippen LogP contribution in [0, 0.1) is 0 Å². The molecule has 1 rings (SSSR count). The number of pyridine rings is 1. The predicted octanol–water partition coefficient (Wildman–Crippen LogP) is 0.806. The van der Waals surface area contributed by atoms with Crippen molar-refractivity contribution < 1.29 is 23.2 Å². The van der Waals surface area contributed by atoms with Gasteiger partial charge in [-0.15, -0.1) is 0 Å². The monoisotopic (exact) mass is 221 g/mol. The second-order valence-corrected chi connectivity index (χ2v) is 2.38. The van der Waals surface area contributed by atoms with Crippen LogP contribution in [0.5, 0.6) is 0 Å². The highest BCUT2D eigenvalue weighted by molar-refractivity contribution is 6.58.